The molecule has 1 aromatic heterocycles. The molecule has 3 fully saturated rings. The van der Waals surface area contributed by atoms with E-state index < -0.39 is 47.9 Å². The molecule has 0 radical (unpaired) electrons. The number of aromatic nitrogens is 2. The second-order valence-corrected chi connectivity index (χ2v) is 10.7. The van der Waals surface area contributed by atoms with Crippen molar-refractivity contribution >= 4 is 34.4 Å². The average Bonchev–Trinajstić information content (AvgIpc) is 3.47. The van der Waals surface area contributed by atoms with E-state index in [0.717, 1.165) is 25.7 Å². The standard InChI is InChI=1S/C26H29F3N6O4/c27-26(28,29)25(39)32-18(10-13-8-9-13)24(38)35-12-15-5-3-7-17(15)21(35)23(37)33-20(22(30)36)19-16-6-2-1-4-14(16)11-31-34-19/h1-2,4,6,11,13,15,17-18,20-21H,3,5,7-10,12H2,(H2,30,36)(H,32,39)(H,33,37)/t15-,17-,18?,20?,21-/m0/s1. The number of hydrogen-bond donors (Lipinski definition) is 3. The van der Waals surface area contributed by atoms with E-state index in [2.05, 4.69) is 15.5 Å². The Kier molecular flexibility index (Phi) is 7.17. The molecule has 1 aliphatic heterocycles. The van der Waals surface area contributed by atoms with Crippen molar-refractivity contribution in [3.63, 3.8) is 0 Å². The minimum absolute atomic E-state index is 0.0195. The van der Waals surface area contributed by atoms with E-state index in [1.807, 2.05) is 5.32 Å². The van der Waals surface area contributed by atoms with Crippen molar-refractivity contribution in [2.75, 3.05) is 6.54 Å². The summed E-state index contributed by atoms with van der Waals surface area (Å²) in [5.74, 6) is -4.67. The Morgan fingerprint density at radius 1 is 1.08 bits per heavy atom. The first-order valence-corrected chi connectivity index (χ1v) is 13.0. The zero-order valence-electron chi connectivity index (χ0n) is 21.0. The molecule has 5 atom stereocenters. The fourth-order valence-electron chi connectivity index (χ4n) is 5.98. The van der Waals surface area contributed by atoms with Gasteiger partial charge in [0, 0.05) is 17.3 Å². The van der Waals surface area contributed by atoms with E-state index in [9.17, 15) is 32.3 Å². The Hall–Kier alpha value is -3.77. The molecule has 4 amide bonds. The van der Waals surface area contributed by atoms with Gasteiger partial charge in [-0.2, -0.15) is 23.4 Å². The maximum Gasteiger partial charge on any atom is 0.471 e. The molecule has 39 heavy (non-hydrogen) atoms. The maximum absolute atomic E-state index is 13.7. The zero-order valence-corrected chi connectivity index (χ0v) is 21.0. The van der Waals surface area contributed by atoms with E-state index in [1.54, 1.807) is 24.3 Å². The molecule has 2 aromatic rings. The van der Waals surface area contributed by atoms with Gasteiger partial charge in [-0.05, 0) is 37.0 Å². The van der Waals surface area contributed by atoms with Crippen LogP contribution in [0, 0.1) is 17.8 Å². The van der Waals surface area contributed by atoms with Crippen molar-refractivity contribution < 1.29 is 32.3 Å². The van der Waals surface area contributed by atoms with Gasteiger partial charge < -0.3 is 21.3 Å². The number of primary amides is 1. The first-order valence-electron chi connectivity index (χ1n) is 13.0. The fourth-order valence-corrected chi connectivity index (χ4v) is 5.98. The Bertz CT molecular complexity index is 1290. The molecule has 1 saturated heterocycles. The molecule has 2 aliphatic carbocycles. The monoisotopic (exact) mass is 546 g/mol. The molecule has 10 nitrogen and oxygen atoms in total. The number of hydrogen-bond acceptors (Lipinski definition) is 6. The Balaban J connectivity index is 1.42. The molecule has 3 aliphatic rings. The van der Waals surface area contributed by atoms with Crippen LogP contribution in [-0.2, 0) is 19.2 Å². The third-order valence-electron chi connectivity index (χ3n) is 8.01. The Morgan fingerprint density at radius 2 is 1.82 bits per heavy atom. The van der Waals surface area contributed by atoms with Crippen molar-refractivity contribution in [1.82, 2.24) is 25.7 Å². The van der Waals surface area contributed by atoms with Crippen LogP contribution >= 0.6 is 0 Å². The van der Waals surface area contributed by atoms with Crippen molar-refractivity contribution in [2.45, 2.75) is 62.8 Å². The molecule has 4 N–H and O–H groups in total. The number of carbonyl (C=O) groups excluding carboxylic acids is 4. The number of nitrogens with two attached hydrogens (primary N) is 1. The largest absolute Gasteiger partial charge is 0.471 e. The van der Waals surface area contributed by atoms with Gasteiger partial charge >= 0.3 is 12.1 Å². The fraction of sp³-hybridized carbons (Fsp3) is 0.538. The lowest BCUT2D eigenvalue weighted by atomic mass is 9.93. The molecule has 2 heterocycles. The summed E-state index contributed by atoms with van der Waals surface area (Å²) in [6, 6.07) is 3.22. The minimum atomic E-state index is -5.14. The summed E-state index contributed by atoms with van der Waals surface area (Å²) in [5.41, 5.74) is 5.81. The second kappa shape index (κ2) is 10.4. The van der Waals surface area contributed by atoms with Crippen LogP contribution in [0.5, 0.6) is 0 Å². The van der Waals surface area contributed by atoms with Gasteiger partial charge in [0.2, 0.25) is 17.7 Å². The Labute approximate surface area is 221 Å². The highest BCUT2D eigenvalue weighted by molar-refractivity contribution is 5.97. The number of likely N-dealkylation sites (tertiary alicyclic amines) is 1. The summed E-state index contributed by atoms with van der Waals surface area (Å²) in [6.07, 6.45) is 0.184. The van der Waals surface area contributed by atoms with Crippen molar-refractivity contribution in [2.24, 2.45) is 23.5 Å². The molecular formula is C26H29F3N6O4. The molecule has 0 bridgehead atoms. The smallest absolute Gasteiger partial charge is 0.368 e. The van der Waals surface area contributed by atoms with Crippen LogP contribution in [-0.4, -0.2) is 63.5 Å². The van der Waals surface area contributed by atoms with Crippen LogP contribution in [0.1, 0.15) is 50.3 Å². The molecular weight excluding hydrogens is 517 g/mol. The quantitative estimate of drug-likeness (QED) is 0.460. The number of halogens is 3. The number of nitrogens with zero attached hydrogens (tertiary/aromatic N) is 3. The van der Waals surface area contributed by atoms with Crippen molar-refractivity contribution in [3.8, 4) is 0 Å². The Morgan fingerprint density at radius 3 is 2.51 bits per heavy atom. The minimum Gasteiger partial charge on any atom is -0.368 e. The lowest BCUT2D eigenvalue weighted by molar-refractivity contribution is -0.175. The molecule has 208 valence electrons. The summed E-state index contributed by atoms with van der Waals surface area (Å²) in [6.45, 7) is 0.181. The summed E-state index contributed by atoms with van der Waals surface area (Å²) < 4.78 is 39.1. The highest BCUT2D eigenvalue weighted by Crippen LogP contribution is 2.43. The van der Waals surface area contributed by atoms with Crippen LogP contribution in [0.4, 0.5) is 13.2 Å². The topological polar surface area (TPSA) is 147 Å². The van der Waals surface area contributed by atoms with Crippen LogP contribution in [0.2, 0.25) is 0 Å². The number of nitrogens with one attached hydrogen (secondary N) is 2. The van der Waals surface area contributed by atoms with Crippen LogP contribution in [0.3, 0.4) is 0 Å². The lowest BCUT2D eigenvalue weighted by Gasteiger charge is -2.31. The molecule has 13 heteroatoms. The molecule has 5 rings (SSSR count). The third-order valence-corrected chi connectivity index (χ3v) is 8.01. The van der Waals surface area contributed by atoms with E-state index in [0.29, 0.717) is 17.2 Å². The number of carbonyl (C=O) groups is 4. The first kappa shape index (κ1) is 26.8. The predicted octanol–water partition coefficient (Wildman–Crippen LogP) is 1.75. The van der Waals surface area contributed by atoms with Gasteiger partial charge in [-0.1, -0.05) is 43.5 Å². The number of rotatable bonds is 8. The van der Waals surface area contributed by atoms with Gasteiger partial charge in [0.15, 0.2) is 6.04 Å². The summed E-state index contributed by atoms with van der Waals surface area (Å²) in [7, 11) is 0. The van der Waals surface area contributed by atoms with Gasteiger partial charge in [0.25, 0.3) is 0 Å². The molecule has 2 unspecified atom stereocenters. The van der Waals surface area contributed by atoms with Gasteiger partial charge in [-0.25, -0.2) is 0 Å². The molecule has 1 aromatic carbocycles. The van der Waals surface area contributed by atoms with Gasteiger partial charge in [-0.15, -0.1) is 0 Å². The van der Waals surface area contributed by atoms with E-state index >= 15 is 0 Å². The summed E-state index contributed by atoms with van der Waals surface area (Å²) in [5, 5.41) is 13.7. The highest BCUT2D eigenvalue weighted by atomic mass is 19.4. The normalized spacial score (nSPS) is 24.2. The second-order valence-electron chi connectivity index (χ2n) is 10.7. The maximum atomic E-state index is 13.7. The third kappa shape index (κ3) is 5.52. The van der Waals surface area contributed by atoms with Crippen molar-refractivity contribution in [1.29, 1.82) is 0 Å². The number of benzene rings is 1. The van der Waals surface area contributed by atoms with Crippen molar-refractivity contribution in [3.05, 3.63) is 36.2 Å². The SMILES string of the molecule is NC(=O)C(NC(=O)[C@@H]1[C@H]2CCC[C@H]2CN1C(=O)C(CC1CC1)NC(=O)C(F)(F)F)c1nncc2ccccc12. The number of alkyl halides is 3. The van der Waals surface area contributed by atoms with E-state index in [-0.39, 0.29) is 36.4 Å². The van der Waals surface area contributed by atoms with Crippen LogP contribution in [0.25, 0.3) is 10.8 Å². The number of fused-ring (bicyclic) bond motifs is 2. The van der Waals surface area contributed by atoms with Crippen LogP contribution < -0.4 is 16.4 Å². The van der Waals surface area contributed by atoms with Gasteiger partial charge in [0.1, 0.15) is 17.8 Å². The number of amides is 4. The zero-order chi connectivity index (χ0) is 27.9. The van der Waals surface area contributed by atoms with E-state index in [1.165, 1.54) is 11.1 Å². The average molecular weight is 547 g/mol. The first-order chi connectivity index (χ1) is 18.5. The predicted molar refractivity (Wildman–Crippen MR) is 131 cm³/mol. The van der Waals surface area contributed by atoms with Gasteiger partial charge in [-0.3, -0.25) is 19.2 Å². The summed E-state index contributed by atoms with van der Waals surface area (Å²) in [4.78, 5) is 52.9. The summed E-state index contributed by atoms with van der Waals surface area (Å²) >= 11 is 0. The molecule has 2 saturated carbocycles. The molecule has 0 spiro atoms. The lowest BCUT2D eigenvalue weighted by Crippen LogP contribution is -2.57. The van der Waals surface area contributed by atoms with E-state index in [4.69, 9.17) is 5.73 Å². The van der Waals surface area contributed by atoms with Gasteiger partial charge in [0.05, 0.1) is 6.20 Å². The van der Waals surface area contributed by atoms with Crippen LogP contribution in [0.15, 0.2) is 30.5 Å². The highest BCUT2D eigenvalue weighted by Gasteiger charge is 2.52.